The molecule has 0 fully saturated rings. The molecule has 1 heterocycles. The molecule has 0 aliphatic heterocycles. The first-order valence-electron chi connectivity index (χ1n) is 18.8. The van der Waals surface area contributed by atoms with Crippen molar-refractivity contribution in [1.82, 2.24) is 4.98 Å². The smallest absolute Gasteiger partial charge is 0.0737 e. The summed E-state index contributed by atoms with van der Waals surface area (Å²) >= 11 is 0. The van der Waals surface area contributed by atoms with E-state index in [0.29, 0.717) is 6.54 Å². The number of pyridine rings is 1. The van der Waals surface area contributed by atoms with Gasteiger partial charge in [0.2, 0.25) is 0 Å². The van der Waals surface area contributed by atoms with Crippen LogP contribution in [0.4, 0.5) is 0 Å². The van der Waals surface area contributed by atoms with Gasteiger partial charge in [-0.25, -0.2) is 0 Å². The second-order valence-corrected chi connectivity index (χ2v) is 13.9. The second-order valence-electron chi connectivity index (χ2n) is 13.9. The molecule has 7 aromatic carbocycles. The summed E-state index contributed by atoms with van der Waals surface area (Å²) in [5.41, 5.74) is 14.3. The maximum Gasteiger partial charge on any atom is 0.0737 e. The van der Waals surface area contributed by atoms with E-state index < -0.39 is 0 Å². The van der Waals surface area contributed by atoms with Crippen molar-refractivity contribution < 1.29 is 0 Å². The molecule has 8 rings (SSSR count). The molecular weight excluding hydrogens is 679 g/mol. The lowest BCUT2D eigenvalue weighted by atomic mass is 9.91. The van der Waals surface area contributed by atoms with Gasteiger partial charge in [0.25, 0.3) is 0 Å². The highest BCUT2D eigenvalue weighted by molar-refractivity contribution is 6.14. The van der Waals surface area contributed by atoms with E-state index in [0.717, 1.165) is 78.0 Å². The van der Waals surface area contributed by atoms with Crippen LogP contribution in [-0.2, 0) is 6.54 Å². The van der Waals surface area contributed by atoms with E-state index in [1.165, 1.54) is 16.3 Å². The molecule has 0 aliphatic rings. The minimum absolute atomic E-state index is 0.508. The zero-order chi connectivity index (χ0) is 38.3. The molecule has 0 bridgehead atoms. The number of aryl methyl sites for hydroxylation is 1. The van der Waals surface area contributed by atoms with Gasteiger partial charge in [-0.3, -0.25) is 15.0 Å². The predicted molar refractivity (Wildman–Crippen MR) is 240 cm³/mol. The topological polar surface area (TPSA) is 37.6 Å². The summed E-state index contributed by atoms with van der Waals surface area (Å²) in [4.78, 5) is 14.5. The van der Waals surface area contributed by atoms with E-state index in [9.17, 15) is 0 Å². The highest BCUT2D eigenvalue weighted by atomic mass is 14.8. The van der Waals surface area contributed by atoms with Gasteiger partial charge in [-0.1, -0.05) is 164 Å². The summed E-state index contributed by atoms with van der Waals surface area (Å²) in [7, 11) is 0. The van der Waals surface area contributed by atoms with Gasteiger partial charge in [0.05, 0.1) is 23.5 Å². The Hall–Kier alpha value is -7.23. The lowest BCUT2D eigenvalue weighted by Crippen LogP contribution is -2.02. The Morgan fingerprint density at radius 3 is 2.12 bits per heavy atom. The summed E-state index contributed by atoms with van der Waals surface area (Å²) in [6, 6.07) is 59.2. The Morgan fingerprint density at radius 2 is 1.32 bits per heavy atom. The van der Waals surface area contributed by atoms with Crippen LogP contribution in [0.15, 0.2) is 205 Å². The maximum atomic E-state index is 5.27. The van der Waals surface area contributed by atoms with Crippen molar-refractivity contribution in [2.45, 2.75) is 13.5 Å². The molecule has 0 saturated carbocycles. The Labute approximate surface area is 329 Å². The molecule has 0 aliphatic carbocycles. The van der Waals surface area contributed by atoms with Crippen molar-refractivity contribution in [3.8, 4) is 22.3 Å². The highest BCUT2D eigenvalue weighted by Crippen LogP contribution is 2.33. The molecule has 0 N–H and O–H groups in total. The number of aromatic nitrogens is 1. The van der Waals surface area contributed by atoms with Crippen molar-refractivity contribution >= 4 is 51.5 Å². The van der Waals surface area contributed by atoms with Gasteiger partial charge >= 0.3 is 0 Å². The quantitative estimate of drug-likeness (QED) is 0.0969. The molecule has 0 unspecified atom stereocenters. The molecule has 8 aromatic rings. The molecule has 3 nitrogen and oxygen atoms in total. The van der Waals surface area contributed by atoms with Crippen LogP contribution < -0.4 is 0 Å². The van der Waals surface area contributed by atoms with Crippen molar-refractivity contribution in [3.63, 3.8) is 0 Å². The lowest BCUT2D eigenvalue weighted by Gasteiger charge is -2.14. The lowest BCUT2D eigenvalue weighted by molar-refractivity contribution is 1.07. The molecule has 0 spiro atoms. The van der Waals surface area contributed by atoms with Crippen LogP contribution in [0.25, 0.3) is 61.3 Å². The number of hydrogen-bond donors (Lipinski definition) is 0. The highest BCUT2D eigenvalue weighted by Gasteiger charge is 2.13. The fourth-order valence-electron chi connectivity index (χ4n) is 7.16. The third-order valence-electron chi connectivity index (χ3n) is 10.2. The molecular formula is C53H41N3. The van der Waals surface area contributed by atoms with E-state index in [1.807, 2.05) is 36.5 Å². The largest absolute Gasteiger partial charge is 0.280 e. The SMILES string of the molecule is C=N/C(=C\C(=NCc1ccccc1)c1cc(C(=C)/C=C\c2ccc3cccnc3c2C)cc(-c2cccc3ccccc23)c1)c1ccc(-c2ccccc2)cc1. The number of allylic oxidation sites excluding steroid dienone is 3. The van der Waals surface area contributed by atoms with Gasteiger partial charge in [-0.15, -0.1) is 0 Å². The van der Waals surface area contributed by atoms with Gasteiger partial charge in [-0.2, -0.15) is 0 Å². The van der Waals surface area contributed by atoms with E-state index in [1.54, 1.807) is 0 Å². The predicted octanol–water partition coefficient (Wildman–Crippen LogP) is 13.5. The van der Waals surface area contributed by atoms with Crippen molar-refractivity contribution in [2.24, 2.45) is 9.98 Å². The molecule has 3 heteroatoms. The third-order valence-corrected chi connectivity index (χ3v) is 10.2. The fourth-order valence-corrected chi connectivity index (χ4v) is 7.16. The Morgan fingerprint density at radius 1 is 0.625 bits per heavy atom. The Kier molecular flexibility index (Phi) is 10.5. The van der Waals surface area contributed by atoms with E-state index in [4.69, 9.17) is 4.99 Å². The minimum atomic E-state index is 0.508. The standard InChI is InChI=1S/C53H41N3/c1-37(23-24-40-25-30-45-20-13-31-55-53(45)38(40)2)46-32-47(50-22-12-19-43-18-10-11-21-49(43)50)34-48(33-46)52(56-36-39-14-6-4-7-15-39)35-51(54-3)44-28-26-42(27-29-44)41-16-8-5-9-17-41/h4-35H,1,3,36H2,2H3/b24-23-,51-35-,56-52?. The molecule has 56 heavy (non-hydrogen) atoms. The Balaban J connectivity index is 1.26. The number of hydrogen-bond acceptors (Lipinski definition) is 3. The molecule has 0 amide bonds. The third kappa shape index (κ3) is 7.84. The van der Waals surface area contributed by atoms with E-state index in [2.05, 4.69) is 188 Å². The average molecular weight is 720 g/mol. The zero-order valence-electron chi connectivity index (χ0n) is 31.4. The van der Waals surface area contributed by atoms with Gasteiger partial charge in [0.1, 0.15) is 0 Å². The van der Waals surface area contributed by atoms with Crippen LogP contribution in [0, 0.1) is 6.92 Å². The summed E-state index contributed by atoms with van der Waals surface area (Å²) in [5.74, 6) is 0. The van der Waals surface area contributed by atoms with Crippen molar-refractivity contribution in [2.75, 3.05) is 0 Å². The first-order valence-corrected chi connectivity index (χ1v) is 18.8. The monoisotopic (exact) mass is 719 g/mol. The van der Waals surface area contributed by atoms with Crippen LogP contribution in [0.5, 0.6) is 0 Å². The van der Waals surface area contributed by atoms with Crippen LogP contribution in [0.2, 0.25) is 0 Å². The van der Waals surface area contributed by atoms with Crippen LogP contribution in [0.1, 0.15) is 33.4 Å². The summed E-state index contributed by atoms with van der Waals surface area (Å²) in [6.07, 6.45) is 8.15. The number of fused-ring (bicyclic) bond motifs is 2. The van der Waals surface area contributed by atoms with E-state index >= 15 is 0 Å². The maximum absolute atomic E-state index is 5.27. The minimum Gasteiger partial charge on any atom is -0.280 e. The number of aliphatic imine (C=N–C) groups is 2. The number of benzene rings is 7. The van der Waals surface area contributed by atoms with Crippen LogP contribution >= 0.6 is 0 Å². The number of nitrogens with zero attached hydrogens (tertiary/aromatic N) is 3. The van der Waals surface area contributed by atoms with Crippen molar-refractivity contribution in [3.05, 3.63) is 228 Å². The average Bonchev–Trinajstić information content (AvgIpc) is 3.26. The van der Waals surface area contributed by atoms with Gasteiger partial charge in [-0.05, 0) is 105 Å². The fraction of sp³-hybridized carbons (Fsp3) is 0.0377. The second kappa shape index (κ2) is 16.4. The van der Waals surface area contributed by atoms with Crippen LogP contribution in [-0.4, -0.2) is 17.4 Å². The zero-order valence-corrected chi connectivity index (χ0v) is 31.4. The summed E-state index contributed by atoms with van der Waals surface area (Å²) in [5, 5.41) is 3.50. The van der Waals surface area contributed by atoms with Gasteiger partial charge < -0.3 is 0 Å². The van der Waals surface area contributed by atoms with Gasteiger partial charge in [0, 0.05) is 22.7 Å². The summed E-state index contributed by atoms with van der Waals surface area (Å²) < 4.78 is 0. The van der Waals surface area contributed by atoms with E-state index in [-0.39, 0.29) is 0 Å². The summed E-state index contributed by atoms with van der Waals surface area (Å²) in [6.45, 7) is 11.2. The Bertz CT molecular complexity index is 2790. The first kappa shape index (κ1) is 35.8. The number of rotatable bonds is 11. The molecule has 268 valence electrons. The molecule has 1 aromatic heterocycles. The van der Waals surface area contributed by atoms with Gasteiger partial charge in [0.15, 0.2) is 0 Å². The van der Waals surface area contributed by atoms with Crippen LogP contribution in [0.3, 0.4) is 0 Å². The molecule has 0 radical (unpaired) electrons. The molecule has 0 atom stereocenters. The normalized spacial score (nSPS) is 12.0. The molecule has 0 saturated heterocycles. The first-order chi connectivity index (χ1) is 27.5. The van der Waals surface area contributed by atoms with Crippen molar-refractivity contribution in [1.29, 1.82) is 0 Å².